The van der Waals surface area contributed by atoms with E-state index < -0.39 is 0 Å². The standard InChI is InChI=1S/C17H18O/c1-14(15-10-6-4-7-11-15)18-17(2,3)16-12-8-5-9-13-16/h4-13H,1H2,2-3H3. The first kappa shape index (κ1) is 12.4. The van der Waals surface area contributed by atoms with Crippen molar-refractivity contribution in [2.24, 2.45) is 0 Å². The second kappa shape index (κ2) is 5.09. The normalized spacial score (nSPS) is 11.0. The maximum Gasteiger partial charge on any atom is 0.128 e. The van der Waals surface area contributed by atoms with Crippen LogP contribution in [0.15, 0.2) is 67.2 Å². The summed E-state index contributed by atoms with van der Waals surface area (Å²) in [7, 11) is 0. The fourth-order valence-electron chi connectivity index (χ4n) is 1.89. The van der Waals surface area contributed by atoms with Crippen LogP contribution in [0.3, 0.4) is 0 Å². The average molecular weight is 238 g/mol. The fraction of sp³-hybridized carbons (Fsp3) is 0.176. The highest BCUT2D eigenvalue weighted by Gasteiger charge is 2.22. The highest BCUT2D eigenvalue weighted by atomic mass is 16.5. The molecule has 0 aliphatic heterocycles. The Kier molecular flexibility index (Phi) is 3.52. The quantitative estimate of drug-likeness (QED) is 0.707. The molecule has 0 bridgehead atoms. The van der Waals surface area contributed by atoms with Crippen molar-refractivity contribution in [2.45, 2.75) is 19.4 Å². The molecule has 0 aromatic heterocycles. The smallest absolute Gasteiger partial charge is 0.128 e. The van der Waals surface area contributed by atoms with Crippen molar-refractivity contribution in [3.8, 4) is 0 Å². The molecule has 0 spiro atoms. The minimum absolute atomic E-state index is 0.381. The molecule has 0 unspecified atom stereocenters. The van der Waals surface area contributed by atoms with Crippen LogP contribution in [0.2, 0.25) is 0 Å². The molecule has 0 aliphatic carbocycles. The third-order valence-corrected chi connectivity index (χ3v) is 2.94. The van der Waals surface area contributed by atoms with Gasteiger partial charge in [0.1, 0.15) is 11.4 Å². The molecule has 2 rings (SSSR count). The van der Waals surface area contributed by atoms with E-state index in [4.69, 9.17) is 4.74 Å². The Morgan fingerprint density at radius 3 is 1.94 bits per heavy atom. The van der Waals surface area contributed by atoms with E-state index in [0.717, 1.165) is 11.1 Å². The maximum absolute atomic E-state index is 6.02. The molecule has 1 nitrogen and oxygen atoms in total. The van der Waals surface area contributed by atoms with Crippen LogP contribution in [-0.4, -0.2) is 0 Å². The number of ether oxygens (including phenoxy) is 1. The predicted molar refractivity (Wildman–Crippen MR) is 76.0 cm³/mol. The molecule has 0 atom stereocenters. The fourth-order valence-corrected chi connectivity index (χ4v) is 1.89. The zero-order valence-corrected chi connectivity index (χ0v) is 10.9. The molecule has 0 radical (unpaired) electrons. The molecule has 1 heteroatoms. The van der Waals surface area contributed by atoms with Gasteiger partial charge in [-0.2, -0.15) is 0 Å². The summed E-state index contributed by atoms with van der Waals surface area (Å²) in [6, 6.07) is 20.1. The van der Waals surface area contributed by atoms with Crippen LogP contribution in [0, 0.1) is 0 Å². The van der Waals surface area contributed by atoms with Crippen molar-refractivity contribution in [3.05, 3.63) is 78.4 Å². The van der Waals surface area contributed by atoms with Gasteiger partial charge in [-0.15, -0.1) is 0 Å². The lowest BCUT2D eigenvalue weighted by Crippen LogP contribution is -2.20. The molecule has 18 heavy (non-hydrogen) atoms. The van der Waals surface area contributed by atoms with Crippen LogP contribution in [0.25, 0.3) is 5.76 Å². The molecule has 0 heterocycles. The van der Waals surface area contributed by atoms with Crippen molar-refractivity contribution in [1.29, 1.82) is 0 Å². The summed E-state index contributed by atoms with van der Waals surface area (Å²) in [5.74, 6) is 0.699. The highest BCUT2D eigenvalue weighted by Crippen LogP contribution is 2.30. The van der Waals surface area contributed by atoms with Crippen LogP contribution in [0.5, 0.6) is 0 Å². The zero-order chi connectivity index (χ0) is 13.0. The van der Waals surface area contributed by atoms with E-state index >= 15 is 0 Å². The highest BCUT2D eigenvalue weighted by molar-refractivity contribution is 5.57. The second-order valence-electron chi connectivity index (χ2n) is 4.77. The molecule has 2 aromatic rings. The van der Waals surface area contributed by atoms with Crippen LogP contribution in [0.4, 0.5) is 0 Å². The average Bonchev–Trinajstić information content (AvgIpc) is 2.40. The number of rotatable bonds is 4. The molecule has 0 saturated carbocycles. The molecule has 2 aromatic carbocycles. The van der Waals surface area contributed by atoms with Crippen molar-refractivity contribution in [3.63, 3.8) is 0 Å². The van der Waals surface area contributed by atoms with Crippen LogP contribution in [-0.2, 0) is 10.3 Å². The second-order valence-corrected chi connectivity index (χ2v) is 4.77. The summed E-state index contributed by atoms with van der Waals surface area (Å²) in [5.41, 5.74) is 1.78. The van der Waals surface area contributed by atoms with E-state index in [1.54, 1.807) is 0 Å². The molecule has 0 fully saturated rings. The summed E-state index contributed by atoms with van der Waals surface area (Å²) in [5, 5.41) is 0. The van der Waals surface area contributed by atoms with Crippen molar-refractivity contribution in [1.82, 2.24) is 0 Å². The van der Waals surface area contributed by atoms with Gasteiger partial charge in [-0.1, -0.05) is 67.2 Å². The number of hydrogen-bond acceptors (Lipinski definition) is 1. The summed E-state index contributed by atoms with van der Waals surface area (Å²) in [4.78, 5) is 0. The summed E-state index contributed by atoms with van der Waals surface area (Å²) >= 11 is 0. The van der Waals surface area contributed by atoms with E-state index in [0.29, 0.717) is 5.76 Å². The largest absolute Gasteiger partial charge is 0.483 e. The third kappa shape index (κ3) is 2.80. The van der Waals surface area contributed by atoms with Crippen molar-refractivity contribution >= 4 is 5.76 Å². The van der Waals surface area contributed by atoms with Crippen molar-refractivity contribution in [2.75, 3.05) is 0 Å². The Hall–Kier alpha value is -2.02. The topological polar surface area (TPSA) is 9.23 Å². The maximum atomic E-state index is 6.02. The Morgan fingerprint density at radius 1 is 0.889 bits per heavy atom. The minimum atomic E-state index is -0.381. The van der Waals surface area contributed by atoms with Crippen LogP contribution in [0.1, 0.15) is 25.0 Å². The van der Waals surface area contributed by atoms with Gasteiger partial charge in [0.2, 0.25) is 0 Å². The molecule has 0 saturated heterocycles. The Labute approximate surface area is 109 Å². The molecule has 0 N–H and O–H groups in total. The lowest BCUT2D eigenvalue weighted by atomic mass is 9.98. The summed E-state index contributed by atoms with van der Waals surface area (Å²) < 4.78 is 6.02. The minimum Gasteiger partial charge on any atom is -0.483 e. The van der Waals surface area contributed by atoms with Gasteiger partial charge >= 0.3 is 0 Å². The van der Waals surface area contributed by atoms with E-state index in [9.17, 15) is 0 Å². The molecular formula is C17H18O. The van der Waals surface area contributed by atoms with Gasteiger partial charge in [-0.05, 0) is 19.4 Å². The Bertz CT molecular complexity index is 512. The first-order valence-electron chi connectivity index (χ1n) is 6.08. The van der Waals surface area contributed by atoms with E-state index in [-0.39, 0.29) is 5.60 Å². The van der Waals surface area contributed by atoms with Gasteiger partial charge in [0, 0.05) is 5.56 Å². The van der Waals surface area contributed by atoms with E-state index in [1.165, 1.54) is 0 Å². The Balaban J connectivity index is 2.17. The molecule has 0 aliphatic rings. The van der Waals surface area contributed by atoms with Gasteiger partial charge in [-0.25, -0.2) is 0 Å². The first-order valence-corrected chi connectivity index (χ1v) is 6.08. The van der Waals surface area contributed by atoms with Gasteiger partial charge in [-0.3, -0.25) is 0 Å². The van der Waals surface area contributed by atoms with Crippen LogP contribution >= 0.6 is 0 Å². The van der Waals surface area contributed by atoms with Gasteiger partial charge < -0.3 is 4.74 Å². The predicted octanol–water partition coefficient (Wildman–Crippen LogP) is 4.61. The first-order chi connectivity index (χ1) is 8.59. The van der Waals surface area contributed by atoms with E-state index in [2.05, 4.69) is 32.6 Å². The van der Waals surface area contributed by atoms with Gasteiger partial charge in [0.05, 0.1) is 0 Å². The summed E-state index contributed by atoms with van der Waals surface area (Å²) in [6.07, 6.45) is 0. The van der Waals surface area contributed by atoms with Gasteiger partial charge in [0.15, 0.2) is 0 Å². The molecular weight excluding hydrogens is 220 g/mol. The van der Waals surface area contributed by atoms with Gasteiger partial charge in [0.25, 0.3) is 0 Å². The zero-order valence-electron chi connectivity index (χ0n) is 10.9. The lowest BCUT2D eigenvalue weighted by Gasteiger charge is -2.28. The Morgan fingerprint density at radius 2 is 1.39 bits per heavy atom. The van der Waals surface area contributed by atoms with E-state index in [1.807, 2.05) is 48.5 Å². The number of hydrogen-bond donors (Lipinski definition) is 0. The third-order valence-electron chi connectivity index (χ3n) is 2.94. The van der Waals surface area contributed by atoms with Crippen molar-refractivity contribution < 1.29 is 4.74 Å². The number of benzene rings is 2. The SMILES string of the molecule is C=C(OC(C)(C)c1ccccc1)c1ccccc1. The lowest BCUT2D eigenvalue weighted by molar-refractivity contribution is 0.0757. The molecule has 92 valence electrons. The monoisotopic (exact) mass is 238 g/mol. The molecule has 0 amide bonds. The van der Waals surface area contributed by atoms with Crippen LogP contribution < -0.4 is 0 Å². The summed E-state index contributed by atoms with van der Waals surface area (Å²) in [6.45, 7) is 8.12.